The molecular weight excluding hydrogens is 356 g/mol. The van der Waals surface area contributed by atoms with Gasteiger partial charge in [-0.05, 0) is 19.1 Å². The molecular formula is C18H25ClN4O3. The van der Waals surface area contributed by atoms with Gasteiger partial charge < -0.3 is 19.7 Å². The van der Waals surface area contributed by atoms with Gasteiger partial charge in [0, 0.05) is 32.8 Å². The summed E-state index contributed by atoms with van der Waals surface area (Å²) in [6.45, 7) is 5.09. The van der Waals surface area contributed by atoms with Crippen LogP contribution in [0.4, 0.5) is 0 Å². The number of nitrogens with zero attached hydrogens (tertiary/aromatic N) is 3. The van der Waals surface area contributed by atoms with Gasteiger partial charge in [-0.1, -0.05) is 18.2 Å². The van der Waals surface area contributed by atoms with Gasteiger partial charge in [-0.3, -0.25) is 4.79 Å². The van der Waals surface area contributed by atoms with Crippen LogP contribution in [0.3, 0.4) is 0 Å². The SMILES string of the molecule is COCCOc1cn(-c2ccccc2)nc1C(=O)N1CCNC[C@H]1C.Cl. The maximum Gasteiger partial charge on any atom is 0.278 e. The van der Waals surface area contributed by atoms with Gasteiger partial charge in [0.15, 0.2) is 11.4 Å². The molecule has 1 saturated heterocycles. The first-order chi connectivity index (χ1) is 12.2. The van der Waals surface area contributed by atoms with Crippen molar-refractivity contribution in [3.63, 3.8) is 0 Å². The number of methoxy groups -OCH3 is 1. The maximum absolute atomic E-state index is 13.0. The highest BCUT2D eigenvalue weighted by Gasteiger charge is 2.29. The molecule has 1 fully saturated rings. The number of carbonyl (C=O) groups excluding carboxylic acids is 1. The predicted molar refractivity (Wildman–Crippen MR) is 102 cm³/mol. The zero-order chi connectivity index (χ0) is 17.6. The molecule has 1 aromatic heterocycles. The molecule has 3 rings (SSSR count). The summed E-state index contributed by atoms with van der Waals surface area (Å²) in [5, 5.41) is 7.80. The van der Waals surface area contributed by atoms with Gasteiger partial charge in [0.05, 0.1) is 18.5 Å². The summed E-state index contributed by atoms with van der Waals surface area (Å²) in [6, 6.07) is 9.80. The molecule has 0 spiro atoms. The highest BCUT2D eigenvalue weighted by molar-refractivity contribution is 5.95. The van der Waals surface area contributed by atoms with Crippen molar-refractivity contribution >= 4 is 18.3 Å². The van der Waals surface area contributed by atoms with E-state index in [-0.39, 0.29) is 24.4 Å². The Labute approximate surface area is 159 Å². The molecule has 8 heteroatoms. The number of hydrogen-bond acceptors (Lipinski definition) is 5. The zero-order valence-corrected chi connectivity index (χ0v) is 15.9. The van der Waals surface area contributed by atoms with Gasteiger partial charge in [-0.25, -0.2) is 4.68 Å². The van der Waals surface area contributed by atoms with Gasteiger partial charge in [-0.2, -0.15) is 5.10 Å². The van der Waals surface area contributed by atoms with E-state index < -0.39 is 0 Å². The minimum Gasteiger partial charge on any atom is -0.487 e. The first-order valence-corrected chi connectivity index (χ1v) is 8.49. The number of ether oxygens (including phenoxy) is 2. The number of hydrogen-bond donors (Lipinski definition) is 1. The fourth-order valence-electron chi connectivity index (χ4n) is 2.84. The number of halogens is 1. The van der Waals surface area contributed by atoms with E-state index in [4.69, 9.17) is 9.47 Å². The fraction of sp³-hybridized carbons (Fsp3) is 0.444. The van der Waals surface area contributed by atoms with Crippen molar-refractivity contribution in [1.82, 2.24) is 20.0 Å². The number of rotatable bonds is 6. The summed E-state index contributed by atoms with van der Waals surface area (Å²) in [4.78, 5) is 14.9. The quantitative estimate of drug-likeness (QED) is 0.773. The number of carbonyl (C=O) groups is 1. The fourth-order valence-corrected chi connectivity index (χ4v) is 2.84. The molecule has 1 N–H and O–H groups in total. The second-order valence-corrected chi connectivity index (χ2v) is 6.02. The molecule has 0 saturated carbocycles. The molecule has 0 unspecified atom stereocenters. The van der Waals surface area contributed by atoms with Crippen molar-refractivity contribution in [3.05, 3.63) is 42.2 Å². The van der Waals surface area contributed by atoms with Gasteiger partial charge in [0.2, 0.25) is 0 Å². The maximum atomic E-state index is 13.0. The number of aromatic nitrogens is 2. The molecule has 26 heavy (non-hydrogen) atoms. The van der Waals surface area contributed by atoms with Crippen LogP contribution >= 0.6 is 12.4 Å². The third-order valence-corrected chi connectivity index (χ3v) is 4.21. The normalized spacial score (nSPS) is 16.8. The standard InChI is InChI=1S/C18H24N4O3.ClH/c1-14-12-19-8-9-21(14)18(23)17-16(25-11-10-24-2)13-22(20-17)15-6-4-3-5-7-15;/h3-7,13-14,19H,8-12H2,1-2H3;1H/t14-;/m1./s1. The molecule has 2 heterocycles. The van der Waals surface area contributed by atoms with Crippen molar-refractivity contribution in [2.75, 3.05) is 40.0 Å². The number of benzene rings is 1. The molecule has 1 aliphatic rings. The van der Waals surface area contributed by atoms with Crippen LogP contribution in [0.15, 0.2) is 36.5 Å². The average molecular weight is 381 g/mol. The van der Waals surface area contributed by atoms with E-state index in [1.807, 2.05) is 42.2 Å². The van der Waals surface area contributed by atoms with Crippen molar-refractivity contribution < 1.29 is 14.3 Å². The zero-order valence-electron chi connectivity index (χ0n) is 15.1. The lowest BCUT2D eigenvalue weighted by Crippen LogP contribution is -2.52. The number of piperazine rings is 1. The molecule has 1 amide bonds. The Morgan fingerprint density at radius 1 is 1.31 bits per heavy atom. The highest BCUT2D eigenvalue weighted by atomic mass is 35.5. The van der Waals surface area contributed by atoms with Crippen molar-refractivity contribution in [1.29, 1.82) is 0 Å². The first-order valence-electron chi connectivity index (χ1n) is 8.49. The number of nitrogens with one attached hydrogen (secondary N) is 1. The lowest BCUT2D eigenvalue weighted by molar-refractivity contribution is 0.0642. The second kappa shape index (κ2) is 9.56. The summed E-state index contributed by atoms with van der Waals surface area (Å²) >= 11 is 0. The average Bonchev–Trinajstić information content (AvgIpc) is 3.07. The van der Waals surface area contributed by atoms with Crippen LogP contribution in [0, 0.1) is 0 Å². The minimum absolute atomic E-state index is 0. The number of para-hydroxylation sites is 1. The van der Waals surface area contributed by atoms with Crippen LogP contribution in [0.2, 0.25) is 0 Å². The van der Waals surface area contributed by atoms with Crippen LogP contribution < -0.4 is 10.1 Å². The van der Waals surface area contributed by atoms with Crippen molar-refractivity contribution in [2.45, 2.75) is 13.0 Å². The summed E-state index contributed by atoms with van der Waals surface area (Å²) in [5.41, 5.74) is 1.22. The minimum atomic E-state index is -0.101. The van der Waals surface area contributed by atoms with Gasteiger partial charge in [0.25, 0.3) is 5.91 Å². The summed E-state index contributed by atoms with van der Waals surface area (Å²) < 4.78 is 12.5. The molecule has 0 bridgehead atoms. The van der Waals surface area contributed by atoms with Gasteiger partial charge in [-0.15, -0.1) is 12.4 Å². The Bertz CT molecular complexity index is 708. The summed E-state index contributed by atoms with van der Waals surface area (Å²) in [6.07, 6.45) is 1.76. The van der Waals surface area contributed by atoms with Gasteiger partial charge >= 0.3 is 0 Å². The second-order valence-electron chi connectivity index (χ2n) is 6.02. The monoisotopic (exact) mass is 380 g/mol. The van der Waals surface area contributed by atoms with Crippen LogP contribution in [-0.2, 0) is 4.74 Å². The van der Waals surface area contributed by atoms with E-state index in [9.17, 15) is 4.79 Å². The largest absolute Gasteiger partial charge is 0.487 e. The molecule has 0 aliphatic carbocycles. The molecule has 1 aliphatic heterocycles. The molecule has 2 aromatic rings. The van der Waals surface area contributed by atoms with Crippen molar-refractivity contribution in [2.24, 2.45) is 0 Å². The third-order valence-electron chi connectivity index (χ3n) is 4.21. The smallest absolute Gasteiger partial charge is 0.278 e. The first kappa shape index (κ1) is 20.2. The summed E-state index contributed by atoms with van der Waals surface area (Å²) in [5.74, 6) is 0.382. The topological polar surface area (TPSA) is 68.6 Å². The molecule has 7 nitrogen and oxygen atoms in total. The van der Waals surface area contributed by atoms with Crippen LogP contribution in [0.1, 0.15) is 17.4 Å². The lowest BCUT2D eigenvalue weighted by atomic mass is 10.2. The molecule has 1 aromatic carbocycles. The van der Waals surface area contributed by atoms with Gasteiger partial charge in [0.1, 0.15) is 6.61 Å². The van der Waals surface area contributed by atoms with E-state index >= 15 is 0 Å². The van der Waals surface area contributed by atoms with E-state index in [1.165, 1.54) is 0 Å². The number of amides is 1. The lowest BCUT2D eigenvalue weighted by Gasteiger charge is -2.33. The van der Waals surface area contributed by atoms with E-state index in [1.54, 1.807) is 18.0 Å². The Kier molecular flexibility index (Phi) is 7.44. The van der Waals surface area contributed by atoms with E-state index in [2.05, 4.69) is 10.4 Å². The molecule has 0 radical (unpaired) electrons. The molecule has 1 atom stereocenters. The van der Waals surface area contributed by atoms with E-state index in [0.29, 0.717) is 31.2 Å². The van der Waals surface area contributed by atoms with Crippen LogP contribution in [0.5, 0.6) is 5.75 Å². The van der Waals surface area contributed by atoms with Crippen LogP contribution in [-0.4, -0.2) is 66.6 Å². The Balaban J connectivity index is 0.00000243. The Morgan fingerprint density at radius 3 is 2.77 bits per heavy atom. The molecule has 142 valence electrons. The van der Waals surface area contributed by atoms with E-state index in [0.717, 1.165) is 18.8 Å². The Hall–Kier alpha value is -2.09. The third kappa shape index (κ3) is 4.55. The van der Waals surface area contributed by atoms with Crippen molar-refractivity contribution in [3.8, 4) is 11.4 Å². The predicted octanol–water partition coefficient (Wildman–Crippen LogP) is 1.75. The highest BCUT2D eigenvalue weighted by Crippen LogP contribution is 2.22. The van der Waals surface area contributed by atoms with Crippen LogP contribution in [0.25, 0.3) is 5.69 Å². The summed E-state index contributed by atoms with van der Waals surface area (Å²) in [7, 11) is 1.62. The Morgan fingerprint density at radius 2 is 2.08 bits per heavy atom.